The molecule has 3 nitrogen and oxygen atoms in total. The lowest BCUT2D eigenvalue weighted by Gasteiger charge is -2.30. The van der Waals surface area contributed by atoms with Crippen molar-refractivity contribution in [3.05, 3.63) is 22.4 Å². The highest BCUT2D eigenvalue weighted by atomic mass is 32.1. The van der Waals surface area contributed by atoms with Crippen LogP contribution >= 0.6 is 11.3 Å². The van der Waals surface area contributed by atoms with Crippen LogP contribution in [0.3, 0.4) is 0 Å². The molecule has 0 spiro atoms. The van der Waals surface area contributed by atoms with E-state index < -0.39 is 5.54 Å². The maximum absolute atomic E-state index is 9.32. The van der Waals surface area contributed by atoms with Crippen molar-refractivity contribution in [2.75, 3.05) is 13.7 Å². The molecule has 0 aliphatic heterocycles. The molecule has 0 bridgehead atoms. The zero-order valence-corrected chi connectivity index (χ0v) is 10.8. The van der Waals surface area contributed by atoms with Gasteiger partial charge in [0.15, 0.2) is 0 Å². The maximum atomic E-state index is 9.32. The fourth-order valence-electron chi connectivity index (χ4n) is 1.51. The minimum Gasteiger partial charge on any atom is -0.382 e. The normalized spacial score (nSPS) is 14.7. The molecular weight excluding hydrogens is 220 g/mol. The summed E-state index contributed by atoms with van der Waals surface area (Å²) in [4.78, 5) is 1.23. The van der Waals surface area contributed by atoms with Gasteiger partial charge in [0.25, 0.3) is 0 Å². The molecule has 0 amide bonds. The molecule has 0 aliphatic carbocycles. The second-order valence-electron chi connectivity index (χ2n) is 4.10. The third kappa shape index (κ3) is 3.05. The van der Waals surface area contributed by atoms with E-state index in [1.165, 1.54) is 4.88 Å². The van der Waals surface area contributed by atoms with Crippen molar-refractivity contribution in [1.82, 2.24) is 5.32 Å². The van der Waals surface area contributed by atoms with Gasteiger partial charge in [-0.25, -0.2) is 0 Å². The van der Waals surface area contributed by atoms with Gasteiger partial charge in [0, 0.05) is 18.5 Å². The molecule has 16 heavy (non-hydrogen) atoms. The van der Waals surface area contributed by atoms with Crippen molar-refractivity contribution in [3.8, 4) is 6.07 Å². The number of ether oxygens (including phenoxy) is 1. The summed E-state index contributed by atoms with van der Waals surface area (Å²) in [6.45, 7) is 5.19. The van der Waals surface area contributed by atoms with Crippen LogP contribution in [-0.2, 0) is 11.3 Å². The average Bonchev–Trinajstić information content (AvgIpc) is 2.76. The van der Waals surface area contributed by atoms with Gasteiger partial charge in [-0.1, -0.05) is 19.9 Å². The SMILES string of the molecule is COCC(C#N)(NCc1cccs1)C(C)C. The molecule has 1 aromatic rings. The third-order valence-corrected chi connectivity index (χ3v) is 3.59. The zero-order valence-electron chi connectivity index (χ0n) is 9.99. The van der Waals surface area contributed by atoms with E-state index in [0.717, 1.165) is 0 Å². The van der Waals surface area contributed by atoms with E-state index >= 15 is 0 Å². The van der Waals surface area contributed by atoms with Gasteiger partial charge in [0.2, 0.25) is 0 Å². The van der Waals surface area contributed by atoms with Crippen LogP contribution in [0.1, 0.15) is 18.7 Å². The number of methoxy groups -OCH3 is 1. The largest absolute Gasteiger partial charge is 0.382 e. The number of nitrogens with one attached hydrogen (secondary N) is 1. The van der Waals surface area contributed by atoms with E-state index in [-0.39, 0.29) is 5.92 Å². The van der Waals surface area contributed by atoms with Crippen LogP contribution in [0.4, 0.5) is 0 Å². The average molecular weight is 238 g/mol. The summed E-state index contributed by atoms with van der Waals surface area (Å²) in [7, 11) is 1.63. The fourth-order valence-corrected chi connectivity index (χ4v) is 2.15. The molecule has 0 aromatic carbocycles. The Morgan fingerprint density at radius 3 is 2.81 bits per heavy atom. The van der Waals surface area contributed by atoms with E-state index in [0.29, 0.717) is 13.2 Å². The van der Waals surface area contributed by atoms with Crippen LogP contribution < -0.4 is 5.32 Å². The molecule has 1 N–H and O–H groups in total. The monoisotopic (exact) mass is 238 g/mol. The molecule has 4 heteroatoms. The molecule has 0 radical (unpaired) electrons. The molecule has 0 saturated heterocycles. The van der Waals surface area contributed by atoms with Gasteiger partial charge >= 0.3 is 0 Å². The highest BCUT2D eigenvalue weighted by molar-refractivity contribution is 7.09. The van der Waals surface area contributed by atoms with E-state index in [4.69, 9.17) is 4.74 Å². The summed E-state index contributed by atoms with van der Waals surface area (Å²) >= 11 is 1.69. The van der Waals surface area contributed by atoms with E-state index in [2.05, 4.69) is 17.5 Å². The Kier molecular flexibility index (Phi) is 4.94. The second kappa shape index (κ2) is 6.00. The number of nitrogens with zero attached hydrogens (tertiary/aromatic N) is 1. The quantitative estimate of drug-likeness (QED) is 0.827. The Bertz CT molecular complexity index is 342. The minimum absolute atomic E-state index is 0.206. The van der Waals surface area contributed by atoms with Crippen LogP contribution in [0.15, 0.2) is 17.5 Å². The Hall–Kier alpha value is -0.890. The Labute approximate surface area is 101 Å². The summed E-state index contributed by atoms with van der Waals surface area (Å²) in [6, 6.07) is 6.42. The summed E-state index contributed by atoms with van der Waals surface area (Å²) in [5.41, 5.74) is -0.598. The van der Waals surface area contributed by atoms with E-state index in [9.17, 15) is 5.26 Å². The van der Waals surface area contributed by atoms with Crippen LogP contribution in [0.2, 0.25) is 0 Å². The zero-order chi connectivity index (χ0) is 12.0. The first kappa shape index (κ1) is 13.2. The van der Waals surface area contributed by atoms with Crippen molar-refractivity contribution < 1.29 is 4.74 Å². The van der Waals surface area contributed by atoms with Crippen molar-refractivity contribution in [3.63, 3.8) is 0 Å². The molecule has 1 rings (SSSR count). The van der Waals surface area contributed by atoms with Crippen molar-refractivity contribution in [2.45, 2.75) is 25.9 Å². The standard InChI is InChI=1S/C12H18N2OS/c1-10(2)12(8-13,9-15-3)14-7-11-5-4-6-16-11/h4-6,10,14H,7,9H2,1-3H3. The van der Waals surface area contributed by atoms with Crippen molar-refractivity contribution in [2.24, 2.45) is 5.92 Å². The molecule has 1 aromatic heterocycles. The highest BCUT2D eigenvalue weighted by Gasteiger charge is 2.33. The number of hydrogen-bond acceptors (Lipinski definition) is 4. The van der Waals surface area contributed by atoms with Gasteiger partial charge in [0.1, 0.15) is 5.54 Å². The third-order valence-electron chi connectivity index (χ3n) is 2.72. The van der Waals surface area contributed by atoms with Gasteiger partial charge in [-0.2, -0.15) is 5.26 Å². The maximum Gasteiger partial charge on any atom is 0.132 e. The lowest BCUT2D eigenvalue weighted by Crippen LogP contribution is -2.51. The predicted octanol–water partition coefficient (Wildman–Crippen LogP) is 2.40. The lowest BCUT2D eigenvalue weighted by molar-refractivity contribution is 0.111. The number of thiophene rings is 1. The summed E-state index contributed by atoms with van der Waals surface area (Å²) in [6.07, 6.45) is 0. The molecule has 1 atom stereocenters. The lowest BCUT2D eigenvalue weighted by atomic mass is 9.88. The van der Waals surface area contributed by atoms with Crippen LogP contribution in [0.25, 0.3) is 0 Å². The fraction of sp³-hybridized carbons (Fsp3) is 0.583. The van der Waals surface area contributed by atoms with Gasteiger partial charge in [-0.15, -0.1) is 11.3 Å². The molecule has 0 saturated carbocycles. The van der Waals surface area contributed by atoms with Gasteiger partial charge in [0.05, 0.1) is 12.7 Å². The molecule has 1 unspecified atom stereocenters. The molecule has 0 fully saturated rings. The minimum atomic E-state index is -0.598. The van der Waals surface area contributed by atoms with Crippen LogP contribution in [0, 0.1) is 17.2 Å². The Morgan fingerprint density at radius 2 is 2.38 bits per heavy atom. The Morgan fingerprint density at radius 1 is 1.62 bits per heavy atom. The van der Waals surface area contributed by atoms with Gasteiger partial charge < -0.3 is 4.74 Å². The van der Waals surface area contributed by atoms with Crippen molar-refractivity contribution >= 4 is 11.3 Å². The highest BCUT2D eigenvalue weighted by Crippen LogP contribution is 2.18. The second-order valence-corrected chi connectivity index (χ2v) is 5.14. The smallest absolute Gasteiger partial charge is 0.132 e. The van der Waals surface area contributed by atoms with Gasteiger partial charge in [-0.3, -0.25) is 5.32 Å². The van der Waals surface area contributed by atoms with Crippen LogP contribution in [-0.4, -0.2) is 19.3 Å². The Balaban J connectivity index is 2.67. The molecule has 1 heterocycles. The number of rotatable bonds is 6. The topological polar surface area (TPSA) is 45.0 Å². The molecule has 88 valence electrons. The molecule has 0 aliphatic rings. The van der Waals surface area contributed by atoms with Crippen LogP contribution in [0.5, 0.6) is 0 Å². The van der Waals surface area contributed by atoms with E-state index in [1.807, 2.05) is 25.3 Å². The summed E-state index contributed by atoms with van der Waals surface area (Å²) < 4.78 is 5.15. The van der Waals surface area contributed by atoms with E-state index in [1.54, 1.807) is 18.4 Å². The summed E-state index contributed by atoms with van der Waals surface area (Å²) in [5, 5.41) is 14.7. The predicted molar refractivity (Wildman–Crippen MR) is 66.2 cm³/mol. The molecular formula is C12H18N2OS. The number of nitriles is 1. The summed E-state index contributed by atoms with van der Waals surface area (Å²) in [5.74, 6) is 0.206. The first-order chi connectivity index (χ1) is 7.64. The first-order valence-electron chi connectivity index (χ1n) is 5.32. The van der Waals surface area contributed by atoms with Crippen molar-refractivity contribution in [1.29, 1.82) is 5.26 Å². The number of hydrogen-bond donors (Lipinski definition) is 1. The van der Waals surface area contributed by atoms with Gasteiger partial charge in [-0.05, 0) is 17.4 Å². The first-order valence-corrected chi connectivity index (χ1v) is 6.20.